The van der Waals surface area contributed by atoms with Crippen LogP contribution in [0.1, 0.15) is 49.5 Å². The van der Waals surface area contributed by atoms with Crippen molar-refractivity contribution in [3.05, 3.63) is 48.0 Å². The lowest BCUT2D eigenvalue weighted by atomic mass is 9.86. The van der Waals surface area contributed by atoms with E-state index in [1.807, 2.05) is 42.1 Å². The van der Waals surface area contributed by atoms with Crippen molar-refractivity contribution in [1.82, 2.24) is 14.9 Å². The van der Waals surface area contributed by atoms with Crippen molar-refractivity contribution < 1.29 is 9.53 Å². The Balaban J connectivity index is 1.55. The summed E-state index contributed by atoms with van der Waals surface area (Å²) in [4.78, 5) is 17.4. The van der Waals surface area contributed by atoms with E-state index in [1.54, 1.807) is 13.3 Å². The number of para-hydroxylation sites is 1. The smallest absolute Gasteiger partial charge is 0.221 e. The maximum Gasteiger partial charge on any atom is 0.221 e. The zero-order valence-electron chi connectivity index (χ0n) is 15.5. The van der Waals surface area contributed by atoms with Crippen LogP contribution in [-0.4, -0.2) is 22.6 Å². The number of nitrogens with one attached hydrogen (secondary N) is 1. The summed E-state index contributed by atoms with van der Waals surface area (Å²) in [6.45, 7) is 0. The Kier molecular flexibility index (Phi) is 4.70. The first kappa shape index (κ1) is 17.1. The van der Waals surface area contributed by atoms with Gasteiger partial charge in [-0.25, -0.2) is 4.98 Å². The zero-order valence-corrected chi connectivity index (χ0v) is 15.5. The SMILES string of the molecule is COc1ccccc1[C@H](NC(=O)C[C@@H]1C[C@H]2CC[C@H]1C2)c1nccn1C. The third-order valence-corrected chi connectivity index (χ3v) is 6.20. The summed E-state index contributed by atoms with van der Waals surface area (Å²) in [5.41, 5.74) is 0.936. The van der Waals surface area contributed by atoms with Gasteiger partial charge >= 0.3 is 0 Å². The Bertz CT molecular complexity index is 785. The molecule has 0 unspecified atom stereocenters. The molecular formula is C21H27N3O2. The quantitative estimate of drug-likeness (QED) is 0.865. The molecule has 0 spiro atoms. The number of carbonyl (C=O) groups excluding carboxylic acids is 1. The molecule has 2 aliphatic carbocycles. The molecule has 2 aliphatic rings. The predicted octanol–water partition coefficient (Wildman–Crippen LogP) is 3.46. The fraction of sp³-hybridized carbons (Fsp3) is 0.524. The first-order valence-electron chi connectivity index (χ1n) is 9.55. The topological polar surface area (TPSA) is 56.1 Å². The highest BCUT2D eigenvalue weighted by Crippen LogP contribution is 2.49. The summed E-state index contributed by atoms with van der Waals surface area (Å²) in [6, 6.07) is 7.52. The third kappa shape index (κ3) is 3.22. The molecule has 1 aromatic carbocycles. The molecule has 1 aromatic heterocycles. The van der Waals surface area contributed by atoms with Crippen LogP contribution >= 0.6 is 0 Å². The molecule has 1 amide bonds. The van der Waals surface area contributed by atoms with Crippen LogP contribution in [0, 0.1) is 17.8 Å². The van der Waals surface area contributed by atoms with Crippen molar-refractivity contribution in [3.8, 4) is 5.75 Å². The van der Waals surface area contributed by atoms with Crippen molar-refractivity contribution in [1.29, 1.82) is 0 Å². The Morgan fingerprint density at radius 1 is 1.35 bits per heavy atom. The summed E-state index contributed by atoms with van der Waals surface area (Å²) in [5.74, 6) is 3.85. The van der Waals surface area contributed by atoms with Crippen LogP contribution in [-0.2, 0) is 11.8 Å². The number of amides is 1. The fourth-order valence-corrected chi connectivity index (χ4v) is 4.93. The summed E-state index contributed by atoms with van der Waals surface area (Å²) < 4.78 is 7.48. The van der Waals surface area contributed by atoms with Gasteiger partial charge in [-0.2, -0.15) is 0 Å². The van der Waals surface area contributed by atoms with Gasteiger partial charge in [0.05, 0.1) is 7.11 Å². The van der Waals surface area contributed by atoms with E-state index < -0.39 is 0 Å². The summed E-state index contributed by atoms with van der Waals surface area (Å²) in [6.07, 6.45) is 9.50. The molecule has 2 fully saturated rings. The molecule has 138 valence electrons. The second kappa shape index (κ2) is 7.14. The van der Waals surface area contributed by atoms with Crippen molar-refractivity contribution in [2.45, 2.75) is 38.1 Å². The second-order valence-corrected chi connectivity index (χ2v) is 7.78. The lowest BCUT2D eigenvalue weighted by Crippen LogP contribution is -2.33. The Morgan fingerprint density at radius 2 is 2.19 bits per heavy atom. The molecule has 0 radical (unpaired) electrons. The number of aryl methyl sites for hydroxylation is 1. The average Bonchev–Trinajstić information content (AvgIpc) is 3.37. The highest BCUT2D eigenvalue weighted by Gasteiger charge is 2.40. The van der Waals surface area contributed by atoms with Gasteiger partial charge in [-0.3, -0.25) is 4.79 Å². The minimum Gasteiger partial charge on any atom is -0.496 e. The number of imidazole rings is 1. The van der Waals surface area contributed by atoms with Gasteiger partial charge in [0.1, 0.15) is 17.6 Å². The first-order valence-corrected chi connectivity index (χ1v) is 9.55. The molecule has 26 heavy (non-hydrogen) atoms. The van der Waals surface area contributed by atoms with Crippen LogP contribution in [0.25, 0.3) is 0 Å². The number of hydrogen-bond acceptors (Lipinski definition) is 3. The molecule has 5 nitrogen and oxygen atoms in total. The molecule has 2 bridgehead atoms. The second-order valence-electron chi connectivity index (χ2n) is 7.78. The van der Waals surface area contributed by atoms with Gasteiger partial charge in [-0.05, 0) is 43.1 Å². The van der Waals surface area contributed by atoms with Gasteiger partial charge < -0.3 is 14.6 Å². The van der Waals surface area contributed by atoms with E-state index in [2.05, 4.69) is 10.3 Å². The molecule has 2 saturated carbocycles. The molecule has 1 heterocycles. The van der Waals surface area contributed by atoms with E-state index in [1.165, 1.54) is 25.7 Å². The molecule has 1 N–H and O–H groups in total. The van der Waals surface area contributed by atoms with Crippen LogP contribution in [0.3, 0.4) is 0 Å². The van der Waals surface area contributed by atoms with E-state index in [0.717, 1.165) is 29.0 Å². The van der Waals surface area contributed by atoms with E-state index in [9.17, 15) is 4.79 Å². The lowest BCUT2D eigenvalue weighted by Gasteiger charge is -2.24. The highest BCUT2D eigenvalue weighted by atomic mass is 16.5. The number of methoxy groups -OCH3 is 1. The van der Waals surface area contributed by atoms with Gasteiger partial charge in [-0.1, -0.05) is 24.6 Å². The van der Waals surface area contributed by atoms with Crippen molar-refractivity contribution in [3.63, 3.8) is 0 Å². The van der Waals surface area contributed by atoms with Gasteiger partial charge in [0.15, 0.2) is 0 Å². The third-order valence-electron chi connectivity index (χ3n) is 6.20. The van der Waals surface area contributed by atoms with Gasteiger partial charge in [0.25, 0.3) is 0 Å². The number of ether oxygens (including phenoxy) is 1. The largest absolute Gasteiger partial charge is 0.496 e. The Labute approximate surface area is 154 Å². The Morgan fingerprint density at radius 3 is 2.85 bits per heavy atom. The Hall–Kier alpha value is -2.30. The molecule has 4 rings (SSSR count). The van der Waals surface area contributed by atoms with Crippen molar-refractivity contribution >= 4 is 5.91 Å². The first-order chi connectivity index (χ1) is 12.7. The lowest BCUT2D eigenvalue weighted by molar-refractivity contribution is -0.123. The normalized spacial score (nSPS) is 25.2. The van der Waals surface area contributed by atoms with Crippen LogP contribution in [0.2, 0.25) is 0 Å². The predicted molar refractivity (Wildman–Crippen MR) is 99.7 cm³/mol. The van der Waals surface area contributed by atoms with Crippen LogP contribution in [0.15, 0.2) is 36.7 Å². The monoisotopic (exact) mass is 353 g/mol. The van der Waals surface area contributed by atoms with Crippen LogP contribution in [0.4, 0.5) is 0 Å². The maximum absolute atomic E-state index is 12.9. The number of hydrogen-bond donors (Lipinski definition) is 1. The fourth-order valence-electron chi connectivity index (χ4n) is 4.93. The van der Waals surface area contributed by atoms with Gasteiger partial charge in [0.2, 0.25) is 5.91 Å². The van der Waals surface area contributed by atoms with E-state index in [-0.39, 0.29) is 11.9 Å². The average molecular weight is 353 g/mol. The van der Waals surface area contributed by atoms with Crippen LogP contribution in [0.5, 0.6) is 5.75 Å². The van der Waals surface area contributed by atoms with E-state index in [0.29, 0.717) is 12.3 Å². The van der Waals surface area contributed by atoms with E-state index >= 15 is 0 Å². The minimum absolute atomic E-state index is 0.112. The van der Waals surface area contributed by atoms with Crippen molar-refractivity contribution in [2.75, 3.05) is 7.11 Å². The number of carbonyl (C=O) groups is 1. The minimum atomic E-state index is -0.308. The van der Waals surface area contributed by atoms with Crippen LogP contribution < -0.4 is 10.1 Å². The molecule has 4 atom stereocenters. The number of nitrogens with zero attached hydrogens (tertiary/aromatic N) is 2. The van der Waals surface area contributed by atoms with E-state index in [4.69, 9.17) is 4.74 Å². The number of aromatic nitrogens is 2. The summed E-state index contributed by atoms with van der Waals surface area (Å²) in [5, 5.41) is 3.24. The van der Waals surface area contributed by atoms with Crippen molar-refractivity contribution in [2.24, 2.45) is 24.8 Å². The highest BCUT2D eigenvalue weighted by molar-refractivity contribution is 5.77. The molecule has 5 heteroatoms. The summed E-state index contributed by atoms with van der Waals surface area (Å²) in [7, 11) is 3.61. The maximum atomic E-state index is 12.9. The van der Waals surface area contributed by atoms with Gasteiger partial charge in [0, 0.05) is 31.4 Å². The molecular weight excluding hydrogens is 326 g/mol. The molecule has 2 aromatic rings. The molecule has 0 saturated heterocycles. The molecule has 0 aliphatic heterocycles. The number of rotatable bonds is 6. The summed E-state index contributed by atoms with van der Waals surface area (Å²) >= 11 is 0. The standard InChI is InChI=1S/C21H27N3O2/c1-24-10-9-22-21(24)20(17-5-3-4-6-18(17)26-2)23-19(25)13-16-12-14-7-8-15(16)11-14/h3-6,9-10,14-16,20H,7-8,11-13H2,1-2H3,(H,23,25)/t14-,15-,16-,20-/m0/s1. The number of fused-ring (bicyclic) bond motifs is 2. The van der Waals surface area contributed by atoms with Gasteiger partial charge in [-0.15, -0.1) is 0 Å². The zero-order chi connectivity index (χ0) is 18.1. The number of benzene rings is 1.